The van der Waals surface area contributed by atoms with Gasteiger partial charge < -0.3 is 0 Å². The minimum atomic E-state index is -0.206. The number of hydrogen-bond acceptors (Lipinski definition) is 2. The number of hydrogen-bond donors (Lipinski definition) is 0. The predicted molar refractivity (Wildman–Crippen MR) is 71.8 cm³/mol. The van der Waals surface area contributed by atoms with Crippen molar-refractivity contribution in [2.45, 2.75) is 13.5 Å². The summed E-state index contributed by atoms with van der Waals surface area (Å²) in [6.07, 6.45) is 0. The molecule has 94 valence electrons. The van der Waals surface area contributed by atoms with Crippen molar-refractivity contribution in [3.05, 3.63) is 70.8 Å². The molecule has 3 nitrogen and oxygen atoms in total. The van der Waals surface area contributed by atoms with E-state index in [1.807, 2.05) is 31.2 Å². The Hall–Kier alpha value is -2.42. The van der Waals surface area contributed by atoms with Gasteiger partial charge in [-0.2, -0.15) is 0 Å². The molecule has 0 fully saturated rings. The van der Waals surface area contributed by atoms with E-state index in [9.17, 15) is 9.59 Å². The third-order valence-corrected chi connectivity index (χ3v) is 3.30. The summed E-state index contributed by atoms with van der Waals surface area (Å²) < 4.78 is 0. The molecule has 0 N–H and O–H groups in total. The molecule has 0 atom stereocenters. The highest BCUT2D eigenvalue weighted by atomic mass is 16.2. The van der Waals surface area contributed by atoms with Gasteiger partial charge in [-0.3, -0.25) is 14.5 Å². The number of carbonyl (C=O) groups is 2. The average molecular weight is 251 g/mol. The molecule has 1 aliphatic heterocycles. The van der Waals surface area contributed by atoms with E-state index >= 15 is 0 Å². The van der Waals surface area contributed by atoms with Crippen molar-refractivity contribution < 1.29 is 9.59 Å². The lowest BCUT2D eigenvalue weighted by atomic mass is 10.1. The number of amides is 2. The molecule has 2 amide bonds. The van der Waals surface area contributed by atoms with Gasteiger partial charge in [-0.1, -0.05) is 42.0 Å². The molecule has 0 aliphatic carbocycles. The van der Waals surface area contributed by atoms with Gasteiger partial charge >= 0.3 is 0 Å². The van der Waals surface area contributed by atoms with Crippen LogP contribution in [0.2, 0.25) is 0 Å². The van der Waals surface area contributed by atoms with Crippen molar-refractivity contribution in [1.82, 2.24) is 4.90 Å². The van der Waals surface area contributed by atoms with Crippen LogP contribution in [0.25, 0.3) is 0 Å². The smallest absolute Gasteiger partial charge is 0.261 e. The summed E-state index contributed by atoms with van der Waals surface area (Å²) in [5, 5.41) is 0. The molecule has 0 spiro atoms. The molecule has 2 aromatic carbocycles. The molecule has 0 saturated carbocycles. The van der Waals surface area contributed by atoms with Gasteiger partial charge in [0.15, 0.2) is 0 Å². The fraction of sp³-hybridized carbons (Fsp3) is 0.125. The van der Waals surface area contributed by atoms with Gasteiger partial charge in [-0.15, -0.1) is 0 Å². The molecule has 1 heterocycles. The predicted octanol–water partition coefficient (Wildman–Crippen LogP) is 2.79. The molecule has 3 heteroatoms. The number of fused-ring (bicyclic) bond motifs is 1. The number of benzene rings is 2. The van der Waals surface area contributed by atoms with Gasteiger partial charge in [0.05, 0.1) is 17.7 Å². The Kier molecular flexibility index (Phi) is 2.67. The number of imide groups is 1. The van der Waals surface area contributed by atoms with Crippen molar-refractivity contribution in [2.24, 2.45) is 0 Å². The second-order valence-electron chi connectivity index (χ2n) is 4.73. The topological polar surface area (TPSA) is 37.4 Å². The van der Waals surface area contributed by atoms with E-state index < -0.39 is 0 Å². The first-order valence-electron chi connectivity index (χ1n) is 6.17. The zero-order valence-electron chi connectivity index (χ0n) is 10.6. The van der Waals surface area contributed by atoms with Gasteiger partial charge in [0.25, 0.3) is 11.8 Å². The summed E-state index contributed by atoms with van der Waals surface area (Å²) in [5.41, 5.74) is 3.09. The quantitative estimate of drug-likeness (QED) is 0.770. The molecule has 0 unspecified atom stereocenters. The minimum Gasteiger partial charge on any atom is -0.270 e. The first kappa shape index (κ1) is 11.7. The van der Waals surface area contributed by atoms with Crippen LogP contribution in [0.5, 0.6) is 0 Å². The third-order valence-electron chi connectivity index (χ3n) is 3.30. The number of rotatable bonds is 2. The van der Waals surface area contributed by atoms with Crippen LogP contribution in [-0.2, 0) is 6.54 Å². The molecule has 2 aromatic rings. The maximum absolute atomic E-state index is 12.2. The highest BCUT2D eigenvalue weighted by Crippen LogP contribution is 2.24. The molecule has 3 rings (SSSR count). The van der Waals surface area contributed by atoms with Gasteiger partial charge in [0.2, 0.25) is 0 Å². The van der Waals surface area contributed by atoms with Gasteiger partial charge in [0.1, 0.15) is 0 Å². The summed E-state index contributed by atoms with van der Waals surface area (Å²) in [6.45, 7) is 2.32. The largest absolute Gasteiger partial charge is 0.270 e. The van der Waals surface area contributed by atoms with Crippen LogP contribution in [0, 0.1) is 6.92 Å². The average Bonchev–Trinajstić information content (AvgIpc) is 2.65. The summed E-state index contributed by atoms with van der Waals surface area (Å²) in [4.78, 5) is 25.7. The van der Waals surface area contributed by atoms with Crippen LogP contribution >= 0.6 is 0 Å². The van der Waals surface area contributed by atoms with E-state index in [4.69, 9.17) is 0 Å². The monoisotopic (exact) mass is 251 g/mol. The molecule has 19 heavy (non-hydrogen) atoms. The lowest BCUT2D eigenvalue weighted by molar-refractivity contribution is 0.0642. The Morgan fingerprint density at radius 2 is 1.53 bits per heavy atom. The van der Waals surface area contributed by atoms with E-state index in [0.29, 0.717) is 17.7 Å². The molecule has 0 saturated heterocycles. The van der Waals surface area contributed by atoms with Gasteiger partial charge in [-0.05, 0) is 24.6 Å². The number of nitrogens with zero attached hydrogens (tertiary/aromatic N) is 1. The van der Waals surface area contributed by atoms with Crippen LogP contribution < -0.4 is 0 Å². The molecular weight excluding hydrogens is 238 g/mol. The minimum absolute atomic E-state index is 0.206. The Labute approximate surface area is 111 Å². The highest BCUT2D eigenvalue weighted by molar-refractivity contribution is 6.21. The molecule has 0 aromatic heterocycles. The van der Waals surface area contributed by atoms with E-state index in [2.05, 4.69) is 0 Å². The summed E-state index contributed by atoms with van der Waals surface area (Å²) in [6, 6.07) is 14.8. The van der Waals surface area contributed by atoms with Gasteiger partial charge in [0, 0.05) is 0 Å². The molecular formula is C16H13NO2. The van der Waals surface area contributed by atoms with Gasteiger partial charge in [-0.25, -0.2) is 0 Å². The van der Waals surface area contributed by atoms with E-state index in [-0.39, 0.29) is 11.8 Å². The fourth-order valence-corrected chi connectivity index (χ4v) is 2.38. The van der Waals surface area contributed by atoms with Crippen LogP contribution in [0.3, 0.4) is 0 Å². The van der Waals surface area contributed by atoms with Crippen molar-refractivity contribution in [3.8, 4) is 0 Å². The Morgan fingerprint density at radius 3 is 2.11 bits per heavy atom. The highest BCUT2D eigenvalue weighted by Gasteiger charge is 2.34. The SMILES string of the molecule is Cc1cccc(CN2C(=O)c3ccccc3C2=O)c1. The van der Waals surface area contributed by atoms with Crippen LogP contribution in [0.4, 0.5) is 0 Å². The maximum Gasteiger partial charge on any atom is 0.261 e. The normalized spacial score (nSPS) is 13.8. The van der Waals surface area contributed by atoms with E-state index in [1.165, 1.54) is 4.90 Å². The zero-order valence-corrected chi connectivity index (χ0v) is 10.6. The first-order valence-corrected chi connectivity index (χ1v) is 6.17. The Balaban J connectivity index is 1.92. The van der Waals surface area contributed by atoms with E-state index in [1.54, 1.807) is 24.3 Å². The van der Waals surface area contributed by atoms with Crippen molar-refractivity contribution >= 4 is 11.8 Å². The lowest BCUT2D eigenvalue weighted by Crippen LogP contribution is -2.29. The maximum atomic E-state index is 12.2. The standard InChI is InChI=1S/C16H13NO2/c1-11-5-4-6-12(9-11)10-17-15(18)13-7-2-3-8-14(13)16(17)19/h2-9H,10H2,1H3. The van der Waals surface area contributed by atoms with Crippen LogP contribution in [-0.4, -0.2) is 16.7 Å². The Morgan fingerprint density at radius 1 is 0.895 bits per heavy atom. The second kappa shape index (κ2) is 4.35. The molecule has 1 aliphatic rings. The summed E-state index contributed by atoms with van der Waals surface area (Å²) in [5.74, 6) is -0.413. The van der Waals surface area contributed by atoms with Crippen molar-refractivity contribution in [1.29, 1.82) is 0 Å². The second-order valence-corrected chi connectivity index (χ2v) is 4.73. The van der Waals surface area contributed by atoms with Crippen LogP contribution in [0.1, 0.15) is 31.8 Å². The lowest BCUT2D eigenvalue weighted by Gasteiger charge is -2.14. The zero-order chi connectivity index (χ0) is 13.4. The number of carbonyl (C=O) groups excluding carboxylic acids is 2. The number of aryl methyl sites for hydroxylation is 1. The fourth-order valence-electron chi connectivity index (χ4n) is 2.38. The van der Waals surface area contributed by atoms with E-state index in [0.717, 1.165) is 11.1 Å². The molecule has 0 bridgehead atoms. The summed E-state index contributed by atoms with van der Waals surface area (Å²) >= 11 is 0. The first-order chi connectivity index (χ1) is 9.16. The van der Waals surface area contributed by atoms with Crippen LogP contribution in [0.15, 0.2) is 48.5 Å². The summed E-state index contributed by atoms with van der Waals surface area (Å²) in [7, 11) is 0. The van der Waals surface area contributed by atoms with Crippen molar-refractivity contribution in [3.63, 3.8) is 0 Å². The van der Waals surface area contributed by atoms with Crippen molar-refractivity contribution in [2.75, 3.05) is 0 Å². The Bertz CT molecular complexity index is 641. The molecule has 0 radical (unpaired) electrons. The third kappa shape index (κ3) is 1.93.